The molecule has 0 aromatic carbocycles. The van der Waals surface area contributed by atoms with Gasteiger partial charge in [0.25, 0.3) is 12.0 Å². The highest BCUT2D eigenvalue weighted by atomic mass is 19.3. The molecular weight excluding hydrogens is 237 g/mol. The first-order valence-electron chi connectivity index (χ1n) is 5.41. The molecule has 1 unspecified atom stereocenters. The van der Waals surface area contributed by atoms with Gasteiger partial charge < -0.3 is 4.74 Å². The zero-order chi connectivity index (χ0) is 12.4. The van der Waals surface area contributed by atoms with Crippen LogP contribution in [0.25, 0.3) is 0 Å². The molecule has 0 saturated carbocycles. The fourth-order valence-corrected chi connectivity index (χ4v) is 1.92. The van der Waals surface area contributed by atoms with Crippen molar-refractivity contribution in [1.29, 1.82) is 0 Å². The Labute approximate surface area is 95.4 Å². The minimum Gasteiger partial charge on any atom is -0.381 e. The zero-order valence-corrected chi connectivity index (χ0v) is 9.04. The Morgan fingerprint density at radius 1 is 1.35 bits per heavy atom. The lowest BCUT2D eigenvalue weighted by molar-refractivity contribution is 0.0452. The predicted molar refractivity (Wildman–Crippen MR) is 54.0 cm³/mol. The van der Waals surface area contributed by atoms with Gasteiger partial charge in [0.2, 0.25) is 6.17 Å². The molecule has 1 aliphatic rings. The van der Waals surface area contributed by atoms with Gasteiger partial charge in [0.15, 0.2) is 0 Å². The van der Waals surface area contributed by atoms with Crippen molar-refractivity contribution >= 4 is 0 Å². The normalized spacial score (nSPS) is 19.8. The van der Waals surface area contributed by atoms with E-state index in [4.69, 9.17) is 4.74 Å². The van der Waals surface area contributed by atoms with Gasteiger partial charge in [0.1, 0.15) is 0 Å². The van der Waals surface area contributed by atoms with Crippen LogP contribution in [-0.4, -0.2) is 29.4 Å². The number of hydrogen-bond donors (Lipinski definition) is 1. The first kappa shape index (κ1) is 12.2. The topological polar surface area (TPSA) is 47.0 Å². The summed E-state index contributed by atoms with van der Waals surface area (Å²) in [6, 6.07) is 0.765. The third-order valence-corrected chi connectivity index (χ3v) is 2.84. The molecule has 0 amide bonds. The number of aromatic nitrogens is 2. The van der Waals surface area contributed by atoms with Crippen LogP contribution in [0, 0.1) is 0 Å². The number of hydrogen-bond acceptors (Lipinski definition) is 2. The third kappa shape index (κ3) is 2.54. The monoisotopic (exact) mass is 250 g/mol. The van der Waals surface area contributed by atoms with Gasteiger partial charge in [-0.05, 0) is 12.8 Å². The highest BCUT2D eigenvalue weighted by molar-refractivity contribution is 5.05. The van der Waals surface area contributed by atoms with E-state index in [9.17, 15) is 18.0 Å². The van der Waals surface area contributed by atoms with Gasteiger partial charge >= 0.3 is 0 Å². The van der Waals surface area contributed by atoms with Gasteiger partial charge in [-0.15, -0.1) is 0 Å². The summed E-state index contributed by atoms with van der Waals surface area (Å²) in [4.78, 5) is 11.5. The highest BCUT2D eigenvalue weighted by Gasteiger charge is 2.26. The van der Waals surface area contributed by atoms with Crippen molar-refractivity contribution in [3.05, 3.63) is 22.1 Å². The van der Waals surface area contributed by atoms with E-state index in [0.717, 1.165) is 6.07 Å². The number of halogens is 3. The Hall–Kier alpha value is -1.24. The lowest BCUT2D eigenvalue weighted by Crippen LogP contribution is -2.27. The van der Waals surface area contributed by atoms with Crippen LogP contribution in [0.15, 0.2) is 10.9 Å². The van der Waals surface area contributed by atoms with Crippen molar-refractivity contribution in [2.75, 3.05) is 13.2 Å². The zero-order valence-electron chi connectivity index (χ0n) is 9.04. The quantitative estimate of drug-likeness (QED) is 0.889. The van der Waals surface area contributed by atoms with Crippen molar-refractivity contribution in [3.63, 3.8) is 0 Å². The first-order chi connectivity index (χ1) is 8.09. The molecule has 0 bridgehead atoms. The molecular formula is C10H13F3N2O2. The maximum Gasteiger partial charge on any atom is 0.275 e. The summed E-state index contributed by atoms with van der Waals surface area (Å²) in [5, 5.41) is 2.43. The van der Waals surface area contributed by atoms with Crippen LogP contribution in [-0.2, 0) is 4.74 Å². The van der Waals surface area contributed by atoms with Gasteiger partial charge in [-0.1, -0.05) is 0 Å². The number of aromatic amines is 1. The average molecular weight is 250 g/mol. The fourth-order valence-electron chi connectivity index (χ4n) is 1.92. The van der Waals surface area contributed by atoms with E-state index in [0.29, 0.717) is 26.1 Å². The van der Waals surface area contributed by atoms with Crippen LogP contribution in [0.2, 0.25) is 0 Å². The molecule has 0 radical (unpaired) electrons. The number of nitrogens with zero attached hydrogens (tertiary/aromatic N) is 1. The molecule has 1 fully saturated rings. The van der Waals surface area contributed by atoms with Gasteiger partial charge in [0.05, 0.1) is 11.7 Å². The molecule has 0 aliphatic carbocycles. The summed E-state index contributed by atoms with van der Waals surface area (Å²) in [5.74, 6) is 0. The van der Waals surface area contributed by atoms with Crippen molar-refractivity contribution in [2.24, 2.45) is 0 Å². The second-order valence-electron chi connectivity index (χ2n) is 4.00. The molecule has 7 heteroatoms. The highest BCUT2D eigenvalue weighted by Crippen LogP contribution is 2.24. The van der Waals surface area contributed by atoms with Crippen LogP contribution in [0.5, 0.6) is 0 Å². The molecule has 1 saturated heterocycles. The number of ether oxygens (including phenoxy) is 1. The largest absolute Gasteiger partial charge is 0.381 e. The van der Waals surface area contributed by atoms with E-state index in [2.05, 4.69) is 5.10 Å². The second kappa shape index (κ2) is 4.95. The molecule has 0 spiro atoms. The Kier molecular flexibility index (Phi) is 3.56. The average Bonchev–Trinajstić information content (AvgIpc) is 2.71. The summed E-state index contributed by atoms with van der Waals surface area (Å²) in [6.07, 6.45) is -4.34. The van der Waals surface area contributed by atoms with Gasteiger partial charge in [0, 0.05) is 19.3 Å². The number of H-pyrrole nitrogens is 1. The van der Waals surface area contributed by atoms with Crippen LogP contribution < -0.4 is 5.56 Å². The van der Waals surface area contributed by atoms with E-state index >= 15 is 0 Å². The SMILES string of the molecule is O=c1cc(C(F)C(F)F)[nH]n1C1CCOCC1. The Morgan fingerprint density at radius 2 is 2.00 bits per heavy atom. The van der Waals surface area contributed by atoms with E-state index in [1.807, 2.05) is 0 Å². The maximum atomic E-state index is 13.1. The molecule has 1 aromatic heterocycles. The predicted octanol–water partition coefficient (Wildman–Crippen LogP) is 1.80. The fraction of sp³-hybridized carbons (Fsp3) is 0.700. The van der Waals surface area contributed by atoms with Crippen molar-refractivity contribution in [3.8, 4) is 0 Å². The molecule has 17 heavy (non-hydrogen) atoms. The molecule has 2 heterocycles. The second-order valence-corrected chi connectivity index (χ2v) is 4.00. The summed E-state index contributed by atoms with van der Waals surface area (Å²) in [7, 11) is 0. The lowest BCUT2D eigenvalue weighted by atomic mass is 10.1. The lowest BCUT2D eigenvalue weighted by Gasteiger charge is -2.22. The number of nitrogens with one attached hydrogen (secondary N) is 1. The number of alkyl halides is 3. The van der Waals surface area contributed by atoms with Crippen LogP contribution in [0.4, 0.5) is 13.2 Å². The smallest absolute Gasteiger partial charge is 0.275 e. The first-order valence-corrected chi connectivity index (χ1v) is 5.41. The number of rotatable bonds is 3. The maximum absolute atomic E-state index is 13.1. The summed E-state index contributed by atoms with van der Waals surface area (Å²) in [5.41, 5.74) is -0.841. The van der Waals surface area contributed by atoms with Crippen molar-refractivity contribution < 1.29 is 17.9 Å². The van der Waals surface area contributed by atoms with Crippen molar-refractivity contribution in [2.45, 2.75) is 31.5 Å². The Bertz CT molecular complexity index is 423. The molecule has 2 rings (SSSR count). The van der Waals surface area contributed by atoms with Gasteiger partial charge in [-0.3, -0.25) is 9.89 Å². The molecule has 1 atom stereocenters. The minimum absolute atomic E-state index is 0.130. The van der Waals surface area contributed by atoms with Crippen LogP contribution in [0.1, 0.15) is 30.7 Å². The molecule has 96 valence electrons. The van der Waals surface area contributed by atoms with Gasteiger partial charge in [-0.2, -0.15) is 0 Å². The van der Waals surface area contributed by atoms with Crippen LogP contribution in [0.3, 0.4) is 0 Å². The minimum atomic E-state index is -3.13. The van der Waals surface area contributed by atoms with E-state index < -0.39 is 18.2 Å². The third-order valence-electron chi connectivity index (χ3n) is 2.84. The molecule has 1 aliphatic heterocycles. The standard InChI is InChI=1S/C10H13F3N2O2/c11-9(10(12)13)7-5-8(16)15(14-7)6-1-3-17-4-2-6/h5-6,9-10,14H,1-4H2. The molecule has 4 nitrogen and oxygen atoms in total. The summed E-state index contributed by atoms with van der Waals surface area (Å²) < 4.78 is 43.7. The van der Waals surface area contributed by atoms with Gasteiger partial charge in [-0.25, -0.2) is 17.9 Å². The van der Waals surface area contributed by atoms with Crippen LogP contribution >= 0.6 is 0 Å². The summed E-state index contributed by atoms with van der Waals surface area (Å²) >= 11 is 0. The Morgan fingerprint density at radius 3 is 2.59 bits per heavy atom. The summed E-state index contributed by atoms with van der Waals surface area (Å²) in [6.45, 7) is 1.03. The van der Waals surface area contributed by atoms with Crippen molar-refractivity contribution in [1.82, 2.24) is 9.78 Å². The van der Waals surface area contributed by atoms with E-state index in [-0.39, 0.29) is 11.7 Å². The van der Waals surface area contributed by atoms with E-state index in [1.165, 1.54) is 4.68 Å². The molecule has 1 N–H and O–H groups in total. The molecule has 1 aromatic rings. The Balaban J connectivity index is 2.21. The van der Waals surface area contributed by atoms with E-state index in [1.54, 1.807) is 0 Å².